The number of carbonyl (C=O) groups is 1. The molecule has 0 fully saturated rings. The second-order valence-corrected chi connectivity index (χ2v) is 6.94. The van der Waals surface area contributed by atoms with Crippen molar-refractivity contribution in [2.75, 3.05) is 10.7 Å². The molecule has 2 aromatic carbocycles. The monoisotopic (exact) mass is 390 g/mol. The number of fused-ring (bicyclic) bond motifs is 2. The predicted octanol–water partition coefficient (Wildman–Crippen LogP) is 4.63. The SMILES string of the molecule is O=C(CSc1n[nH]c(-c2ccco2)n1)N1c2ccccc2Oc2ccccc21. The van der Waals surface area contributed by atoms with E-state index in [4.69, 9.17) is 9.15 Å². The van der Waals surface area contributed by atoms with Crippen LogP contribution in [0.1, 0.15) is 0 Å². The first-order valence-corrected chi connectivity index (χ1v) is 9.56. The maximum Gasteiger partial charge on any atom is 0.242 e. The lowest BCUT2D eigenvalue weighted by Gasteiger charge is -2.30. The molecule has 0 aliphatic carbocycles. The van der Waals surface area contributed by atoms with E-state index in [1.165, 1.54) is 11.8 Å². The third kappa shape index (κ3) is 2.93. The normalized spacial score (nSPS) is 12.2. The van der Waals surface area contributed by atoms with Crippen LogP contribution < -0.4 is 9.64 Å². The van der Waals surface area contributed by atoms with Gasteiger partial charge in [-0.25, -0.2) is 0 Å². The molecule has 7 nitrogen and oxygen atoms in total. The number of thioether (sulfide) groups is 1. The summed E-state index contributed by atoms with van der Waals surface area (Å²) in [7, 11) is 0. The summed E-state index contributed by atoms with van der Waals surface area (Å²) in [5.74, 6) is 2.52. The maximum absolute atomic E-state index is 13.1. The van der Waals surface area contributed by atoms with Gasteiger partial charge in [0.1, 0.15) is 0 Å². The fraction of sp³-hybridized carbons (Fsp3) is 0.0500. The van der Waals surface area contributed by atoms with Gasteiger partial charge < -0.3 is 9.15 Å². The number of benzene rings is 2. The molecule has 0 radical (unpaired) electrons. The molecule has 3 heterocycles. The zero-order valence-corrected chi connectivity index (χ0v) is 15.3. The van der Waals surface area contributed by atoms with Gasteiger partial charge in [-0.1, -0.05) is 36.0 Å². The summed E-state index contributed by atoms with van der Waals surface area (Å²) < 4.78 is 11.2. The highest BCUT2D eigenvalue weighted by atomic mass is 32.2. The predicted molar refractivity (Wildman–Crippen MR) is 105 cm³/mol. The number of aromatic amines is 1. The molecule has 0 saturated heterocycles. The Hall–Kier alpha value is -3.52. The van der Waals surface area contributed by atoms with E-state index in [0.717, 1.165) is 11.4 Å². The van der Waals surface area contributed by atoms with E-state index in [1.54, 1.807) is 23.3 Å². The van der Waals surface area contributed by atoms with Gasteiger partial charge in [0.2, 0.25) is 11.1 Å². The van der Waals surface area contributed by atoms with Gasteiger partial charge in [-0.05, 0) is 36.4 Å². The number of carbonyl (C=O) groups excluding carboxylic acids is 1. The highest BCUT2D eigenvalue weighted by molar-refractivity contribution is 7.99. The highest BCUT2D eigenvalue weighted by Gasteiger charge is 2.28. The molecule has 8 heteroatoms. The van der Waals surface area contributed by atoms with Crippen LogP contribution in [0, 0.1) is 0 Å². The van der Waals surface area contributed by atoms with Gasteiger partial charge in [-0.15, -0.1) is 5.10 Å². The molecule has 0 atom stereocenters. The smallest absolute Gasteiger partial charge is 0.242 e. The summed E-state index contributed by atoms with van der Waals surface area (Å²) >= 11 is 1.26. The summed E-state index contributed by atoms with van der Waals surface area (Å²) in [6.07, 6.45) is 1.57. The number of hydrogen-bond acceptors (Lipinski definition) is 6. The van der Waals surface area contributed by atoms with Crippen LogP contribution in [0.5, 0.6) is 11.5 Å². The maximum atomic E-state index is 13.1. The van der Waals surface area contributed by atoms with Crippen molar-refractivity contribution in [2.24, 2.45) is 0 Å². The van der Waals surface area contributed by atoms with Crippen molar-refractivity contribution in [1.29, 1.82) is 0 Å². The minimum atomic E-state index is -0.0856. The molecule has 0 saturated carbocycles. The lowest BCUT2D eigenvalue weighted by Crippen LogP contribution is -2.30. The Morgan fingerprint density at radius 2 is 1.71 bits per heavy atom. The standard InChI is InChI=1S/C20H14N4O3S/c25-18(12-28-20-21-19(22-23-20)17-10-5-11-26-17)24-13-6-1-3-8-15(13)27-16-9-4-2-7-14(16)24/h1-11H,12H2,(H,21,22,23). The number of amides is 1. The van der Waals surface area contributed by atoms with Crippen LogP contribution in [-0.2, 0) is 4.79 Å². The van der Waals surface area contributed by atoms with Crippen molar-refractivity contribution in [2.45, 2.75) is 5.16 Å². The minimum absolute atomic E-state index is 0.0856. The molecule has 28 heavy (non-hydrogen) atoms. The number of H-pyrrole nitrogens is 1. The number of hydrogen-bond donors (Lipinski definition) is 1. The summed E-state index contributed by atoms with van der Waals surface area (Å²) in [5.41, 5.74) is 1.44. The van der Waals surface area contributed by atoms with Crippen LogP contribution in [0.15, 0.2) is 76.5 Å². The molecule has 138 valence electrons. The first-order chi connectivity index (χ1) is 13.8. The number of aromatic nitrogens is 3. The Bertz CT molecular complexity index is 1090. The summed E-state index contributed by atoms with van der Waals surface area (Å²) in [6, 6.07) is 18.5. The van der Waals surface area contributed by atoms with E-state index in [2.05, 4.69) is 15.2 Å². The third-order valence-electron chi connectivity index (χ3n) is 4.23. The first-order valence-electron chi connectivity index (χ1n) is 8.57. The van der Waals surface area contributed by atoms with Crippen LogP contribution in [0.2, 0.25) is 0 Å². The number of para-hydroxylation sites is 4. The molecule has 2 aromatic heterocycles. The van der Waals surface area contributed by atoms with Crippen molar-refractivity contribution in [3.63, 3.8) is 0 Å². The number of rotatable bonds is 4. The average Bonchev–Trinajstić information content (AvgIpc) is 3.42. The van der Waals surface area contributed by atoms with Crippen LogP contribution in [0.4, 0.5) is 11.4 Å². The fourth-order valence-corrected chi connectivity index (χ4v) is 3.65. The molecule has 1 amide bonds. The van der Waals surface area contributed by atoms with Gasteiger partial charge in [-0.2, -0.15) is 4.98 Å². The molecular weight excluding hydrogens is 376 g/mol. The van der Waals surface area contributed by atoms with Crippen molar-refractivity contribution in [1.82, 2.24) is 15.2 Å². The Kier molecular flexibility index (Phi) is 4.10. The van der Waals surface area contributed by atoms with Crippen LogP contribution >= 0.6 is 11.8 Å². The van der Waals surface area contributed by atoms with Crippen molar-refractivity contribution in [3.05, 3.63) is 66.9 Å². The number of nitrogens with zero attached hydrogens (tertiary/aromatic N) is 3. The molecule has 4 aromatic rings. The fourth-order valence-electron chi connectivity index (χ4n) is 3.00. The third-order valence-corrected chi connectivity index (χ3v) is 5.06. The Morgan fingerprint density at radius 1 is 1.00 bits per heavy atom. The van der Waals surface area contributed by atoms with E-state index >= 15 is 0 Å². The van der Waals surface area contributed by atoms with Gasteiger partial charge in [0.15, 0.2) is 23.1 Å². The first kappa shape index (κ1) is 16.6. The molecular formula is C20H14N4O3S. The Balaban J connectivity index is 1.38. The molecule has 0 unspecified atom stereocenters. The van der Waals surface area contributed by atoms with Crippen molar-refractivity contribution >= 4 is 29.0 Å². The van der Waals surface area contributed by atoms with E-state index in [0.29, 0.717) is 28.2 Å². The van der Waals surface area contributed by atoms with Gasteiger partial charge in [0, 0.05) is 0 Å². The molecule has 0 spiro atoms. The van der Waals surface area contributed by atoms with E-state index in [-0.39, 0.29) is 11.7 Å². The van der Waals surface area contributed by atoms with Crippen LogP contribution in [-0.4, -0.2) is 26.8 Å². The second kappa shape index (κ2) is 6.90. The lowest BCUT2D eigenvalue weighted by molar-refractivity contribution is -0.115. The highest BCUT2D eigenvalue weighted by Crippen LogP contribution is 2.46. The zero-order valence-electron chi connectivity index (χ0n) is 14.5. The summed E-state index contributed by atoms with van der Waals surface area (Å²) in [5, 5.41) is 7.45. The summed E-state index contributed by atoms with van der Waals surface area (Å²) in [4.78, 5) is 19.1. The van der Waals surface area contributed by atoms with E-state index in [1.807, 2.05) is 48.5 Å². The largest absolute Gasteiger partial charge is 0.461 e. The minimum Gasteiger partial charge on any atom is -0.461 e. The number of nitrogens with one attached hydrogen (secondary N) is 1. The second-order valence-electron chi connectivity index (χ2n) is 6.00. The number of ether oxygens (including phenoxy) is 1. The number of furan rings is 1. The molecule has 0 bridgehead atoms. The quantitative estimate of drug-likeness (QED) is 0.512. The van der Waals surface area contributed by atoms with Gasteiger partial charge in [0.05, 0.1) is 23.4 Å². The van der Waals surface area contributed by atoms with E-state index in [9.17, 15) is 4.79 Å². The summed E-state index contributed by atoms with van der Waals surface area (Å²) in [6.45, 7) is 0. The van der Waals surface area contributed by atoms with Crippen molar-refractivity contribution < 1.29 is 13.9 Å². The lowest BCUT2D eigenvalue weighted by atomic mass is 10.1. The topological polar surface area (TPSA) is 84.2 Å². The van der Waals surface area contributed by atoms with Gasteiger partial charge in [-0.3, -0.25) is 14.8 Å². The zero-order chi connectivity index (χ0) is 18.9. The van der Waals surface area contributed by atoms with Crippen LogP contribution in [0.25, 0.3) is 11.6 Å². The Morgan fingerprint density at radius 3 is 2.39 bits per heavy atom. The molecule has 1 aliphatic heterocycles. The molecule has 1 N–H and O–H groups in total. The molecule has 5 rings (SSSR count). The van der Waals surface area contributed by atoms with Gasteiger partial charge >= 0.3 is 0 Å². The van der Waals surface area contributed by atoms with Crippen LogP contribution in [0.3, 0.4) is 0 Å². The Labute approximate surface area is 164 Å². The average molecular weight is 390 g/mol. The number of anilines is 2. The van der Waals surface area contributed by atoms with Gasteiger partial charge in [0.25, 0.3) is 0 Å². The van der Waals surface area contributed by atoms with Crippen molar-refractivity contribution in [3.8, 4) is 23.1 Å². The van der Waals surface area contributed by atoms with E-state index < -0.39 is 0 Å². The molecule has 1 aliphatic rings.